The maximum absolute atomic E-state index is 13.7. The van der Waals surface area contributed by atoms with E-state index in [-0.39, 0.29) is 16.3 Å². The lowest BCUT2D eigenvalue weighted by atomic mass is 9.69. The molecule has 0 saturated carbocycles. The number of likely N-dealkylation sites (tertiary alicyclic amines) is 1. The maximum atomic E-state index is 13.7. The molecule has 1 unspecified atom stereocenters. The van der Waals surface area contributed by atoms with E-state index >= 15 is 0 Å². The van der Waals surface area contributed by atoms with Crippen LogP contribution in [0.3, 0.4) is 0 Å². The van der Waals surface area contributed by atoms with Gasteiger partial charge in [0.25, 0.3) is 5.91 Å². The third kappa shape index (κ3) is 5.57. The van der Waals surface area contributed by atoms with Crippen LogP contribution >= 0.6 is 0 Å². The highest BCUT2D eigenvalue weighted by molar-refractivity contribution is 5.82. The van der Waals surface area contributed by atoms with Gasteiger partial charge in [-0.3, -0.25) is 4.79 Å². The number of primary amides is 1. The summed E-state index contributed by atoms with van der Waals surface area (Å²) in [5.41, 5.74) is 7.18. The Hall–Kier alpha value is -3.17. The largest absolute Gasteiger partial charge is 0.497 e. The van der Waals surface area contributed by atoms with Gasteiger partial charge in [0.15, 0.2) is 6.04 Å². The van der Waals surface area contributed by atoms with Crippen LogP contribution in [0.4, 0.5) is 0 Å². The Kier molecular flexibility index (Phi) is 8.69. The summed E-state index contributed by atoms with van der Waals surface area (Å²) in [5, 5.41) is 10.1. The van der Waals surface area contributed by atoms with Crippen molar-refractivity contribution in [2.45, 2.75) is 70.4 Å². The number of nitrogens with two attached hydrogens (primary N) is 1. The highest BCUT2D eigenvalue weighted by Crippen LogP contribution is 2.38. The normalized spacial score (nSPS) is 21.3. The first-order valence-electron chi connectivity index (χ1n) is 12.6. The molecule has 0 spiro atoms. The second-order valence-corrected chi connectivity index (χ2v) is 10.0. The van der Waals surface area contributed by atoms with Gasteiger partial charge in [-0.2, -0.15) is 5.26 Å². The topological polar surface area (TPSA) is 93.2 Å². The zero-order valence-electron chi connectivity index (χ0n) is 21.2. The van der Waals surface area contributed by atoms with Crippen molar-refractivity contribution >= 4 is 11.8 Å². The molecule has 186 valence electrons. The van der Waals surface area contributed by atoms with Crippen LogP contribution in [-0.4, -0.2) is 36.0 Å². The molecule has 2 aromatic rings. The van der Waals surface area contributed by atoms with Crippen LogP contribution in [0.5, 0.6) is 5.75 Å². The third-order valence-corrected chi connectivity index (χ3v) is 7.74. The molecule has 1 aliphatic rings. The van der Waals surface area contributed by atoms with E-state index in [1.54, 1.807) is 7.11 Å². The van der Waals surface area contributed by atoms with Crippen molar-refractivity contribution < 1.29 is 18.8 Å². The molecule has 0 aliphatic carbocycles. The summed E-state index contributed by atoms with van der Waals surface area (Å²) in [4.78, 5) is 26.1. The standard InChI is InChI=1S/C29H37N3O3/c1-22(2)29(21-30,24-12-5-4-6-13-24)17-8-7-16-27(33)32(18-10-15-26(32)28(31)34)20-23-11-9-14-25(19-23)35-3/h4-6,9,11-14,19,22,26H,7-8,10,15-18,20H2,1-3H3,(H-,31,34)/p+1/t26?,29-,32+/m0/s1. The average molecular weight is 477 g/mol. The van der Waals surface area contributed by atoms with E-state index in [4.69, 9.17) is 10.5 Å². The first-order valence-corrected chi connectivity index (χ1v) is 12.6. The molecule has 2 N–H and O–H groups in total. The molecule has 2 aromatic carbocycles. The number of benzene rings is 2. The predicted octanol–water partition coefficient (Wildman–Crippen LogP) is 4.86. The fraction of sp³-hybridized carbons (Fsp3) is 0.483. The number of ether oxygens (including phenoxy) is 1. The molecule has 3 rings (SSSR count). The molecular weight excluding hydrogens is 438 g/mol. The Bertz CT molecular complexity index is 1060. The zero-order chi connectivity index (χ0) is 25.5. The molecule has 2 amide bonds. The smallest absolute Gasteiger partial charge is 0.314 e. The number of rotatable bonds is 11. The number of carbonyl (C=O) groups excluding carboxylic acids is 2. The zero-order valence-corrected chi connectivity index (χ0v) is 21.2. The Morgan fingerprint density at radius 2 is 1.91 bits per heavy atom. The SMILES string of the molecule is COc1cccc(C[N@+]2(C(=O)CCCC[C@@](C#N)(c3ccccc3)C(C)C)CCCC2C(N)=O)c1. The highest BCUT2D eigenvalue weighted by Gasteiger charge is 2.50. The third-order valence-electron chi connectivity index (χ3n) is 7.74. The van der Waals surface area contributed by atoms with E-state index in [0.29, 0.717) is 38.8 Å². The van der Waals surface area contributed by atoms with E-state index in [9.17, 15) is 14.9 Å². The lowest BCUT2D eigenvalue weighted by Crippen LogP contribution is -2.59. The molecule has 1 heterocycles. The van der Waals surface area contributed by atoms with Gasteiger partial charge in [0.05, 0.1) is 31.6 Å². The quantitative estimate of drug-likeness (QED) is 0.370. The van der Waals surface area contributed by atoms with Gasteiger partial charge in [0, 0.05) is 18.4 Å². The number of quaternary nitrogens is 1. The van der Waals surface area contributed by atoms with Crippen molar-refractivity contribution in [3.63, 3.8) is 0 Å². The molecule has 0 aromatic heterocycles. The van der Waals surface area contributed by atoms with Gasteiger partial charge in [-0.15, -0.1) is 0 Å². The molecule has 1 aliphatic heterocycles. The summed E-state index contributed by atoms with van der Waals surface area (Å²) >= 11 is 0. The molecule has 6 nitrogen and oxygen atoms in total. The molecule has 6 heteroatoms. The van der Waals surface area contributed by atoms with Crippen LogP contribution in [0, 0.1) is 17.2 Å². The van der Waals surface area contributed by atoms with Crippen molar-refractivity contribution in [3.8, 4) is 11.8 Å². The lowest BCUT2D eigenvalue weighted by molar-refractivity contribution is -0.871. The van der Waals surface area contributed by atoms with E-state index in [2.05, 4.69) is 19.9 Å². The van der Waals surface area contributed by atoms with E-state index in [0.717, 1.165) is 29.7 Å². The average Bonchev–Trinajstić information content (AvgIpc) is 3.29. The summed E-state index contributed by atoms with van der Waals surface area (Å²) < 4.78 is 5.43. The fourth-order valence-corrected chi connectivity index (χ4v) is 5.68. The van der Waals surface area contributed by atoms with E-state index in [1.165, 1.54) is 0 Å². The minimum absolute atomic E-state index is 0.0564. The maximum Gasteiger partial charge on any atom is 0.314 e. The second-order valence-electron chi connectivity index (χ2n) is 10.0. The number of amides is 2. The first kappa shape index (κ1) is 26.4. The van der Waals surface area contributed by atoms with Crippen LogP contribution < -0.4 is 10.5 Å². The van der Waals surface area contributed by atoms with Gasteiger partial charge >= 0.3 is 5.91 Å². The Labute approximate surface area is 209 Å². The van der Waals surface area contributed by atoms with Crippen molar-refractivity contribution in [3.05, 3.63) is 65.7 Å². The summed E-state index contributed by atoms with van der Waals surface area (Å²) in [6.45, 7) is 5.21. The van der Waals surface area contributed by atoms with Crippen molar-refractivity contribution in [2.75, 3.05) is 13.7 Å². The summed E-state index contributed by atoms with van der Waals surface area (Å²) in [5.74, 6) is 0.521. The van der Waals surface area contributed by atoms with Gasteiger partial charge < -0.3 is 10.5 Å². The van der Waals surface area contributed by atoms with Crippen LogP contribution in [0.2, 0.25) is 0 Å². The molecule has 0 bridgehead atoms. The van der Waals surface area contributed by atoms with E-state index in [1.807, 2.05) is 54.6 Å². The lowest BCUT2D eigenvalue weighted by Gasteiger charge is -2.36. The van der Waals surface area contributed by atoms with Crippen molar-refractivity contribution in [1.29, 1.82) is 5.26 Å². The monoisotopic (exact) mass is 476 g/mol. The van der Waals surface area contributed by atoms with Gasteiger partial charge in [0.1, 0.15) is 12.3 Å². The fourth-order valence-electron chi connectivity index (χ4n) is 5.68. The second kappa shape index (κ2) is 11.5. The minimum atomic E-state index is -0.583. The van der Waals surface area contributed by atoms with Gasteiger partial charge in [-0.25, -0.2) is 9.28 Å². The Morgan fingerprint density at radius 3 is 2.54 bits per heavy atom. The van der Waals surface area contributed by atoms with Gasteiger partial charge in [0.2, 0.25) is 0 Å². The molecule has 1 fully saturated rings. The van der Waals surface area contributed by atoms with Crippen LogP contribution in [0.25, 0.3) is 0 Å². The number of carbonyl (C=O) groups is 2. The van der Waals surface area contributed by atoms with Crippen LogP contribution in [0.15, 0.2) is 54.6 Å². The molecule has 3 atom stereocenters. The predicted molar refractivity (Wildman–Crippen MR) is 136 cm³/mol. The highest BCUT2D eigenvalue weighted by atomic mass is 16.5. The number of methoxy groups -OCH3 is 1. The molecule has 35 heavy (non-hydrogen) atoms. The summed E-state index contributed by atoms with van der Waals surface area (Å²) in [6.07, 6.45) is 3.90. The van der Waals surface area contributed by atoms with Crippen LogP contribution in [-0.2, 0) is 21.5 Å². The number of hydrogen-bond acceptors (Lipinski definition) is 4. The van der Waals surface area contributed by atoms with E-state index < -0.39 is 17.4 Å². The Morgan fingerprint density at radius 1 is 1.17 bits per heavy atom. The van der Waals surface area contributed by atoms with Crippen LogP contribution in [0.1, 0.15) is 63.5 Å². The number of hydrogen-bond donors (Lipinski definition) is 1. The Balaban J connectivity index is 1.75. The van der Waals surface area contributed by atoms with Crippen molar-refractivity contribution in [2.24, 2.45) is 11.7 Å². The summed E-state index contributed by atoms with van der Waals surface area (Å²) in [7, 11) is 1.62. The molecule has 0 radical (unpaired) electrons. The number of unbranched alkanes of at least 4 members (excludes halogenated alkanes) is 1. The number of nitriles is 1. The minimum Gasteiger partial charge on any atom is -0.497 e. The van der Waals surface area contributed by atoms with Gasteiger partial charge in [-0.05, 0) is 36.5 Å². The van der Waals surface area contributed by atoms with Gasteiger partial charge in [-0.1, -0.05) is 62.7 Å². The molecular formula is C29H38N3O3+. The molecule has 1 saturated heterocycles. The summed E-state index contributed by atoms with van der Waals surface area (Å²) in [6, 6.07) is 19.7. The van der Waals surface area contributed by atoms with Crippen molar-refractivity contribution in [1.82, 2.24) is 0 Å². The first-order chi connectivity index (χ1) is 16.8. The number of nitrogens with zero attached hydrogens (tertiary/aromatic N) is 2.